The minimum atomic E-state index is -1.35. The van der Waals surface area contributed by atoms with Gasteiger partial charge in [0.15, 0.2) is 6.10 Å². The van der Waals surface area contributed by atoms with Crippen LogP contribution in [-0.4, -0.2) is 44.0 Å². The molecule has 0 radical (unpaired) electrons. The highest BCUT2D eigenvalue weighted by Gasteiger charge is 2.15. The first-order chi connectivity index (χ1) is 5.61. The van der Waals surface area contributed by atoms with Gasteiger partial charge in [-0.25, -0.2) is 9.59 Å². The predicted octanol–water partition coefficient (Wildman–Crippen LogP) is -1.12. The van der Waals surface area contributed by atoms with E-state index >= 15 is 0 Å². The van der Waals surface area contributed by atoms with Crippen molar-refractivity contribution in [2.24, 2.45) is 0 Å². The fourth-order valence-electron chi connectivity index (χ4n) is 0.472. The van der Waals surface area contributed by atoms with Crippen molar-refractivity contribution in [3.05, 3.63) is 0 Å². The van der Waals surface area contributed by atoms with Crippen LogP contribution in [0.1, 0.15) is 0 Å². The Labute approximate surface area is 69.5 Å². The molecule has 0 heterocycles. The quantitative estimate of drug-likeness (QED) is 0.533. The number of hydrogen-bond donors (Lipinski definition) is 2. The van der Waals surface area contributed by atoms with Gasteiger partial charge in [-0.1, -0.05) is 0 Å². The van der Waals surface area contributed by atoms with Crippen LogP contribution in [0.4, 0.5) is 4.79 Å². The summed E-state index contributed by atoms with van der Waals surface area (Å²) in [6.07, 6.45) is -2.06. The summed E-state index contributed by atoms with van der Waals surface area (Å²) in [6, 6.07) is 0. The first-order valence-electron chi connectivity index (χ1n) is 3.19. The Hall–Kier alpha value is -1.30. The Morgan fingerprint density at radius 3 is 2.42 bits per heavy atom. The number of rotatable bonds is 3. The van der Waals surface area contributed by atoms with Gasteiger partial charge in [-0.3, -0.25) is 0 Å². The van der Waals surface area contributed by atoms with Gasteiger partial charge in [-0.2, -0.15) is 0 Å². The Kier molecular flexibility index (Phi) is 4.78. The van der Waals surface area contributed by atoms with Gasteiger partial charge in [0.05, 0.1) is 20.8 Å². The molecule has 12 heavy (non-hydrogen) atoms. The average Bonchev–Trinajstić information content (AvgIpc) is 2.11. The van der Waals surface area contributed by atoms with E-state index in [-0.39, 0.29) is 6.54 Å². The summed E-state index contributed by atoms with van der Waals surface area (Å²) in [6.45, 7) is -0.223. The number of carbonyl (C=O) groups is 2. The van der Waals surface area contributed by atoms with Crippen LogP contribution < -0.4 is 5.32 Å². The molecular formula is C6H11NO5. The zero-order valence-electron chi connectivity index (χ0n) is 6.86. The van der Waals surface area contributed by atoms with Crippen molar-refractivity contribution in [2.45, 2.75) is 6.10 Å². The molecule has 0 bridgehead atoms. The summed E-state index contributed by atoms with van der Waals surface area (Å²) >= 11 is 0. The molecular weight excluding hydrogens is 166 g/mol. The monoisotopic (exact) mass is 177 g/mol. The van der Waals surface area contributed by atoms with Gasteiger partial charge in [0.2, 0.25) is 0 Å². The third-order valence-electron chi connectivity index (χ3n) is 1.10. The minimum Gasteiger partial charge on any atom is -0.467 e. The van der Waals surface area contributed by atoms with Crippen LogP contribution in [0.2, 0.25) is 0 Å². The van der Waals surface area contributed by atoms with Gasteiger partial charge in [-0.05, 0) is 0 Å². The van der Waals surface area contributed by atoms with Gasteiger partial charge in [0, 0.05) is 0 Å². The SMILES string of the molecule is COC(=O)NCC(O)C(=O)OC. The molecule has 0 aromatic rings. The normalized spacial score (nSPS) is 11.6. The first-order valence-corrected chi connectivity index (χ1v) is 3.19. The van der Waals surface area contributed by atoms with E-state index in [1.54, 1.807) is 0 Å². The standard InChI is InChI=1S/C6H11NO5/c1-11-5(9)4(8)3-7-6(10)12-2/h4,8H,3H2,1-2H3,(H,7,10). The molecule has 1 atom stereocenters. The van der Waals surface area contributed by atoms with E-state index in [9.17, 15) is 9.59 Å². The third-order valence-corrected chi connectivity index (χ3v) is 1.10. The Bertz CT molecular complexity index is 169. The van der Waals surface area contributed by atoms with Crippen molar-refractivity contribution in [2.75, 3.05) is 20.8 Å². The lowest BCUT2D eigenvalue weighted by molar-refractivity contribution is -0.149. The zero-order valence-corrected chi connectivity index (χ0v) is 6.86. The highest BCUT2D eigenvalue weighted by atomic mass is 16.5. The molecule has 0 saturated heterocycles. The van der Waals surface area contributed by atoms with Crippen LogP contribution in [0.5, 0.6) is 0 Å². The molecule has 70 valence electrons. The Balaban J connectivity index is 3.63. The number of alkyl carbamates (subject to hydrolysis) is 1. The lowest BCUT2D eigenvalue weighted by Crippen LogP contribution is -2.37. The van der Waals surface area contributed by atoms with E-state index < -0.39 is 18.2 Å². The topological polar surface area (TPSA) is 84.9 Å². The third kappa shape index (κ3) is 3.77. The lowest BCUT2D eigenvalue weighted by Gasteiger charge is -2.08. The number of ether oxygens (including phenoxy) is 2. The van der Waals surface area contributed by atoms with Gasteiger partial charge in [-0.15, -0.1) is 0 Å². The van der Waals surface area contributed by atoms with Crippen molar-refractivity contribution >= 4 is 12.1 Å². The number of aliphatic hydroxyl groups is 1. The minimum absolute atomic E-state index is 0.223. The smallest absolute Gasteiger partial charge is 0.406 e. The fourth-order valence-corrected chi connectivity index (χ4v) is 0.472. The first kappa shape index (κ1) is 10.7. The van der Waals surface area contributed by atoms with Gasteiger partial charge in [0.25, 0.3) is 0 Å². The molecule has 2 N–H and O–H groups in total. The van der Waals surface area contributed by atoms with Crippen LogP contribution in [0.25, 0.3) is 0 Å². The van der Waals surface area contributed by atoms with Gasteiger partial charge >= 0.3 is 12.1 Å². The summed E-state index contributed by atoms with van der Waals surface area (Å²) in [5.74, 6) is -0.800. The summed E-state index contributed by atoms with van der Waals surface area (Å²) in [7, 11) is 2.32. The van der Waals surface area contributed by atoms with Crippen molar-refractivity contribution in [3.63, 3.8) is 0 Å². The molecule has 6 nitrogen and oxygen atoms in total. The van der Waals surface area contributed by atoms with Crippen molar-refractivity contribution in [1.29, 1.82) is 0 Å². The number of amides is 1. The van der Waals surface area contributed by atoms with Crippen molar-refractivity contribution in [3.8, 4) is 0 Å². The number of carbonyl (C=O) groups excluding carboxylic acids is 2. The maximum atomic E-state index is 10.5. The highest BCUT2D eigenvalue weighted by molar-refractivity contribution is 5.75. The second-order valence-corrected chi connectivity index (χ2v) is 1.91. The second kappa shape index (κ2) is 5.36. The van der Waals surface area contributed by atoms with Crippen LogP contribution in [0, 0.1) is 0 Å². The van der Waals surface area contributed by atoms with Crippen LogP contribution in [0.3, 0.4) is 0 Å². The Morgan fingerprint density at radius 2 is 2.00 bits per heavy atom. The molecule has 6 heteroatoms. The van der Waals surface area contributed by atoms with E-state index in [2.05, 4.69) is 14.8 Å². The molecule has 1 amide bonds. The summed E-state index contributed by atoms with van der Waals surface area (Å²) in [5, 5.41) is 11.1. The largest absolute Gasteiger partial charge is 0.467 e. The molecule has 0 aromatic heterocycles. The summed E-state index contributed by atoms with van der Waals surface area (Å²) < 4.78 is 8.40. The van der Waals surface area contributed by atoms with Crippen LogP contribution >= 0.6 is 0 Å². The van der Waals surface area contributed by atoms with Crippen molar-refractivity contribution in [1.82, 2.24) is 5.32 Å². The lowest BCUT2D eigenvalue weighted by atomic mass is 10.4. The van der Waals surface area contributed by atoms with Crippen molar-refractivity contribution < 1.29 is 24.2 Å². The molecule has 0 aliphatic rings. The van der Waals surface area contributed by atoms with E-state index in [4.69, 9.17) is 5.11 Å². The molecule has 0 spiro atoms. The van der Waals surface area contributed by atoms with E-state index in [0.29, 0.717) is 0 Å². The number of nitrogens with one attached hydrogen (secondary N) is 1. The second-order valence-electron chi connectivity index (χ2n) is 1.91. The van der Waals surface area contributed by atoms with Crippen LogP contribution in [0.15, 0.2) is 0 Å². The average molecular weight is 177 g/mol. The van der Waals surface area contributed by atoms with Gasteiger partial charge < -0.3 is 19.9 Å². The fraction of sp³-hybridized carbons (Fsp3) is 0.667. The molecule has 0 fully saturated rings. The predicted molar refractivity (Wildman–Crippen MR) is 38.4 cm³/mol. The molecule has 0 aliphatic heterocycles. The highest BCUT2D eigenvalue weighted by Crippen LogP contribution is 1.84. The van der Waals surface area contributed by atoms with Gasteiger partial charge in [0.1, 0.15) is 0 Å². The van der Waals surface area contributed by atoms with E-state index in [0.717, 1.165) is 7.11 Å². The number of hydrogen-bond acceptors (Lipinski definition) is 5. The summed E-state index contributed by atoms with van der Waals surface area (Å²) in [5.41, 5.74) is 0. The summed E-state index contributed by atoms with van der Waals surface area (Å²) in [4.78, 5) is 21.0. The van der Waals surface area contributed by atoms with E-state index in [1.807, 2.05) is 0 Å². The molecule has 0 rings (SSSR count). The molecule has 0 saturated carbocycles. The molecule has 0 aliphatic carbocycles. The number of esters is 1. The molecule has 1 unspecified atom stereocenters. The maximum Gasteiger partial charge on any atom is 0.406 e. The number of methoxy groups -OCH3 is 2. The Morgan fingerprint density at radius 1 is 1.42 bits per heavy atom. The van der Waals surface area contributed by atoms with E-state index in [1.165, 1.54) is 7.11 Å². The number of aliphatic hydroxyl groups excluding tert-OH is 1. The zero-order chi connectivity index (χ0) is 9.56. The molecule has 0 aromatic carbocycles. The van der Waals surface area contributed by atoms with Crippen LogP contribution in [-0.2, 0) is 14.3 Å². The maximum absolute atomic E-state index is 10.5.